The number of aromatic nitrogens is 5. The third-order valence-electron chi connectivity index (χ3n) is 9.06. The minimum Gasteiger partial charge on any atom is -0.323 e. The normalized spacial score (nSPS) is 26.5. The number of hydrogen-bond donors (Lipinski definition) is 1. The lowest BCUT2D eigenvalue weighted by molar-refractivity contribution is -0.143. The van der Waals surface area contributed by atoms with Crippen molar-refractivity contribution < 1.29 is 18.0 Å². The van der Waals surface area contributed by atoms with E-state index in [0.717, 1.165) is 80.3 Å². The van der Waals surface area contributed by atoms with E-state index in [0.29, 0.717) is 18.2 Å². The first-order valence-corrected chi connectivity index (χ1v) is 12.9. The Hall–Kier alpha value is -2.63. The maximum absolute atomic E-state index is 13.4. The smallest absolute Gasteiger partial charge is 0.323 e. The van der Waals surface area contributed by atoms with Gasteiger partial charge in [0.05, 0.1) is 6.20 Å². The van der Waals surface area contributed by atoms with Crippen LogP contribution in [0.1, 0.15) is 67.0 Å². The minimum absolute atomic E-state index is 0.00407. The molecule has 2 amide bonds. The number of urea groups is 1. The Morgan fingerprint density at radius 1 is 1.17 bits per heavy atom. The molecule has 12 heteroatoms. The molecule has 194 valence electrons. The van der Waals surface area contributed by atoms with Gasteiger partial charge in [0.1, 0.15) is 18.4 Å². The van der Waals surface area contributed by atoms with Crippen LogP contribution in [0.15, 0.2) is 6.20 Å². The van der Waals surface area contributed by atoms with Crippen LogP contribution in [0.2, 0.25) is 0 Å². The minimum atomic E-state index is -4.28. The van der Waals surface area contributed by atoms with Gasteiger partial charge in [-0.3, -0.25) is 14.7 Å². The van der Waals surface area contributed by atoms with Gasteiger partial charge in [0.2, 0.25) is 0 Å². The molecule has 2 aromatic heterocycles. The van der Waals surface area contributed by atoms with Crippen molar-refractivity contribution >= 4 is 6.03 Å². The van der Waals surface area contributed by atoms with Crippen LogP contribution < -0.4 is 0 Å². The van der Waals surface area contributed by atoms with Crippen molar-refractivity contribution in [3.63, 3.8) is 0 Å². The number of carbonyl (C=O) groups excluding carboxylic acids is 1. The summed E-state index contributed by atoms with van der Waals surface area (Å²) in [5.74, 6) is 2.23. The second kappa shape index (κ2) is 7.45. The number of likely N-dealkylation sites (tertiary alicyclic amines) is 3. The number of hydrogen-bond acceptors (Lipinski definition) is 5. The quantitative estimate of drug-likeness (QED) is 0.676. The topological polar surface area (TPSA) is 86.2 Å². The van der Waals surface area contributed by atoms with Crippen molar-refractivity contribution in [1.29, 1.82) is 0 Å². The Morgan fingerprint density at radius 2 is 1.92 bits per heavy atom. The lowest BCUT2D eigenvalue weighted by atomic mass is 9.58. The summed E-state index contributed by atoms with van der Waals surface area (Å²) in [4.78, 5) is 24.4. The van der Waals surface area contributed by atoms with Gasteiger partial charge < -0.3 is 9.80 Å². The van der Waals surface area contributed by atoms with Crippen LogP contribution >= 0.6 is 0 Å². The van der Waals surface area contributed by atoms with E-state index < -0.39 is 12.7 Å². The molecule has 2 spiro atoms. The van der Waals surface area contributed by atoms with E-state index >= 15 is 0 Å². The average molecular weight is 505 g/mol. The summed E-state index contributed by atoms with van der Waals surface area (Å²) in [5, 5.41) is 11.5. The van der Waals surface area contributed by atoms with Crippen LogP contribution in [0, 0.1) is 17.8 Å². The van der Waals surface area contributed by atoms with E-state index in [-0.39, 0.29) is 22.9 Å². The maximum atomic E-state index is 13.4. The molecule has 2 aliphatic carbocycles. The highest BCUT2D eigenvalue weighted by molar-refractivity contribution is 5.77. The molecule has 2 saturated carbocycles. The molecule has 0 aromatic carbocycles. The third kappa shape index (κ3) is 3.54. The Labute approximate surface area is 207 Å². The van der Waals surface area contributed by atoms with Crippen molar-refractivity contribution in [1.82, 2.24) is 39.7 Å². The zero-order chi connectivity index (χ0) is 24.9. The molecule has 3 saturated heterocycles. The number of halogens is 3. The van der Waals surface area contributed by atoms with Gasteiger partial charge >= 0.3 is 12.2 Å². The van der Waals surface area contributed by atoms with Crippen LogP contribution in [0.3, 0.4) is 0 Å². The van der Waals surface area contributed by atoms with E-state index in [4.69, 9.17) is 4.98 Å². The number of H-pyrrole nitrogens is 1. The number of nitrogens with zero attached hydrogens (tertiary/aromatic N) is 7. The highest BCUT2D eigenvalue weighted by Crippen LogP contribution is 2.60. The molecule has 1 atom stereocenters. The summed E-state index contributed by atoms with van der Waals surface area (Å²) in [6.07, 6.45) is 3.05. The predicted octanol–water partition coefficient (Wildman–Crippen LogP) is 3.21. The van der Waals surface area contributed by atoms with Gasteiger partial charge in [-0.1, -0.05) is 6.42 Å². The highest BCUT2D eigenvalue weighted by Gasteiger charge is 2.62. The molecule has 9 nitrogen and oxygen atoms in total. The van der Waals surface area contributed by atoms with Gasteiger partial charge in [-0.05, 0) is 32.6 Å². The first kappa shape index (κ1) is 22.6. The van der Waals surface area contributed by atoms with Crippen LogP contribution in [0.25, 0.3) is 0 Å². The number of carbonyl (C=O) groups is 1. The average Bonchev–Trinajstić information content (AvgIpc) is 3.36. The monoisotopic (exact) mass is 504 g/mol. The van der Waals surface area contributed by atoms with Crippen molar-refractivity contribution in [2.75, 3.05) is 32.7 Å². The maximum Gasteiger partial charge on any atom is 0.408 e. The molecule has 3 aliphatic heterocycles. The number of aromatic amines is 1. The fraction of sp³-hybridized carbons (Fsp3) is 0.750. The van der Waals surface area contributed by atoms with E-state index in [9.17, 15) is 18.0 Å². The molecular weight excluding hydrogens is 473 g/mol. The molecule has 1 N–H and O–H groups in total. The number of nitrogens with one attached hydrogen (secondary N) is 1. The van der Waals surface area contributed by atoms with Gasteiger partial charge in [0, 0.05) is 67.3 Å². The Kier molecular flexibility index (Phi) is 4.67. The lowest BCUT2D eigenvalue weighted by Crippen LogP contribution is -2.75. The first-order chi connectivity index (χ1) is 17.1. The SMILES string of the molecule is Cc1c(CN2CC3(C2)CN(C(=O)N2CC4(CCC4)C2c2nc(C4CC4)n[nH]2)C3)cnn1CC(F)(F)F. The van der Waals surface area contributed by atoms with E-state index in [2.05, 4.69) is 20.2 Å². The summed E-state index contributed by atoms with van der Waals surface area (Å²) < 4.78 is 39.2. The molecule has 36 heavy (non-hydrogen) atoms. The van der Waals surface area contributed by atoms with E-state index in [1.807, 2.05) is 9.80 Å². The molecule has 5 aliphatic rings. The molecule has 1 unspecified atom stereocenters. The van der Waals surface area contributed by atoms with Gasteiger partial charge in [-0.25, -0.2) is 9.78 Å². The number of amides is 2. The Morgan fingerprint density at radius 3 is 2.56 bits per heavy atom. The standard InChI is InChI=1S/C24H31F3N8O/c1-15-17(7-28-35(15)14-24(25,26)27)8-32-9-22(10-32)11-33(12-22)21(36)34-13-23(5-2-6-23)18(34)20-29-19(30-31-20)16-3-4-16/h7,16,18H,2-6,8-14H2,1H3,(H,29,30,31). The second-order valence-electron chi connectivity index (χ2n) is 11.9. The number of rotatable bonds is 5. The Bertz CT molecular complexity index is 1180. The van der Waals surface area contributed by atoms with Gasteiger partial charge in [-0.15, -0.1) is 0 Å². The molecule has 7 rings (SSSR count). The Balaban J connectivity index is 0.946. The summed E-state index contributed by atoms with van der Waals surface area (Å²) >= 11 is 0. The van der Waals surface area contributed by atoms with E-state index in [1.165, 1.54) is 6.42 Å². The van der Waals surface area contributed by atoms with Crippen LogP contribution in [-0.4, -0.2) is 84.6 Å². The predicted molar refractivity (Wildman–Crippen MR) is 122 cm³/mol. The molecular formula is C24H31F3N8O. The summed E-state index contributed by atoms with van der Waals surface area (Å²) in [6.45, 7) is 5.17. The summed E-state index contributed by atoms with van der Waals surface area (Å²) in [6, 6.07) is 0.0969. The molecule has 5 fully saturated rings. The van der Waals surface area contributed by atoms with Crippen LogP contribution in [-0.2, 0) is 13.1 Å². The van der Waals surface area contributed by atoms with Gasteiger partial charge in [0.15, 0.2) is 5.82 Å². The van der Waals surface area contributed by atoms with Crippen molar-refractivity contribution in [2.24, 2.45) is 10.8 Å². The summed E-state index contributed by atoms with van der Waals surface area (Å²) in [5.41, 5.74) is 1.66. The fourth-order valence-electron chi connectivity index (χ4n) is 6.85. The molecule has 5 heterocycles. The van der Waals surface area contributed by atoms with Crippen molar-refractivity contribution in [3.8, 4) is 0 Å². The van der Waals surface area contributed by atoms with E-state index in [1.54, 1.807) is 13.1 Å². The number of alkyl halides is 3. The molecule has 0 radical (unpaired) electrons. The zero-order valence-corrected chi connectivity index (χ0v) is 20.4. The molecule has 2 aromatic rings. The van der Waals surface area contributed by atoms with Gasteiger partial charge in [-0.2, -0.15) is 23.4 Å². The van der Waals surface area contributed by atoms with Crippen LogP contribution in [0.5, 0.6) is 0 Å². The fourth-order valence-corrected chi connectivity index (χ4v) is 6.85. The van der Waals surface area contributed by atoms with Crippen molar-refractivity contribution in [2.45, 2.75) is 70.3 Å². The van der Waals surface area contributed by atoms with Crippen LogP contribution in [0.4, 0.5) is 18.0 Å². The summed E-state index contributed by atoms with van der Waals surface area (Å²) in [7, 11) is 0. The molecule has 0 bridgehead atoms. The van der Waals surface area contributed by atoms with Gasteiger partial charge in [0.25, 0.3) is 0 Å². The second-order valence-corrected chi connectivity index (χ2v) is 11.9. The third-order valence-corrected chi connectivity index (χ3v) is 9.06. The zero-order valence-electron chi connectivity index (χ0n) is 20.4. The largest absolute Gasteiger partial charge is 0.408 e. The lowest BCUT2D eigenvalue weighted by Gasteiger charge is -2.65. The van der Waals surface area contributed by atoms with Crippen molar-refractivity contribution in [3.05, 3.63) is 29.1 Å². The first-order valence-electron chi connectivity index (χ1n) is 12.9. The highest BCUT2D eigenvalue weighted by atomic mass is 19.4.